The number of aliphatic imine (C=N–C) groups is 1. The molecule has 158 valence electrons. The van der Waals surface area contributed by atoms with Crippen molar-refractivity contribution in [2.45, 2.75) is 13.5 Å². The first-order chi connectivity index (χ1) is 13.8. The Morgan fingerprint density at radius 3 is 2.72 bits per heavy atom. The summed E-state index contributed by atoms with van der Waals surface area (Å²) in [6.45, 7) is 8.34. The molecular formula is C19H28IN7O2. The number of nitrogens with one attached hydrogen (secondary N) is 2. The first-order valence-corrected chi connectivity index (χ1v) is 9.59. The number of pyridine rings is 1. The minimum absolute atomic E-state index is 0. The Labute approximate surface area is 188 Å². The molecule has 0 unspecified atom stereocenters. The smallest absolute Gasteiger partial charge is 0.252 e. The zero-order valence-corrected chi connectivity index (χ0v) is 18.9. The molecule has 1 fully saturated rings. The summed E-state index contributed by atoms with van der Waals surface area (Å²) in [5.41, 5.74) is 1.51. The van der Waals surface area contributed by atoms with Gasteiger partial charge in [0.2, 0.25) is 0 Å². The van der Waals surface area contributed by atoms with Gasteiger partial charge in [0.25, 0.3) is 5.91 Å². The summed E-state index contributed by atoms with van der Waals surface area (Å²) in [6.07, 6.45) is 4.81. The van der Waals surface area contributed by atoms with Gasteiger partial charge in [-0.05, 0) is 19.1 Å². The molecule has 3 heterocycles. The first-order valence-electron chi connectivity index (χ1n) is 9.59. The molecule has 0 aliphatic carbocycles. The molecule has 0 bridgehead atoms. The number of amides is 1. The molecule has 9 nitrogen and oxygen atoms in total. The van der Waals surface area contributed by atoms with Crippen LogP contribution in [0.15, 0.2) is 46.4 Å². The van der Waals surface area contributed by atoms with E-state index in [9.17, 15) is 4.79 Å². The third kappa shape index (κ3) is 7.28. The van der Waals surface area contributed by atoms with E-state index in [0.29, 0.717) is 18.7 Å². The number of guanidine groups is 1. The molecule has 2 N–H and O–H groups in total. The summed E-state index contributed by atoms with van der Waals surface area (Å²) >= 11 is 0. The first kappa shape index (κ1) is 23.1. The van der Waals surface area contributed by atoms with Crippen LogP contribution >= 0.6 is 24.0 Å². The number of aromatic nitrogens is 2. The lowest BCUT2D eigenvalue weighted by Gasteiger charge is -2.36. The summed E-state index contributed by atoms with van der Waals surface area (Å²) in [5, 5.41) is 10.2. The fourth-order valence-electron chi connectivity index (χ4n) is 3.02. The van der Waals surface area contributed by atoms with Gasteiger partial charge in [-0.3, -0.25) is 19.7 Å². The predicted octanol–water partition coefficient (Wildman–Crippen LogP) is 1.20. The van der Waals surface area contributed by atoms with E-state index in [1.165, 1.54) is 0 Å². The minimum atomic E-state index is -0.130. The monoisotopic (exact) mass is 513 g/mol. The normalized spacial score (nSPS) is 14.9. The number of hydrogen-bond acceptors (Lipinski definition) is 6. The Morgan fingerprint density at radius 1 is 1.24 bits per heavy atom. The molecule has 1 aliphatic rings. The van der Waals surface area contributed by atoms with Crippen LogP contribution in [0.4, 0.5) is 0 Å². The minimum Gasteiger partial charge on any atom is -0.364 e. The van der Waals surface area contributed by atoms with Crippen molar-refractivity contribution in [3.05, 3.63) is 48.1 Å². The van der Waals surface area contributed by atoms with Crippen molar-refractivity contribution in [3.8, 4) is 0 Å². The quantitative estimate of drug-likeness (QED) is 0.249. The molecule has 10 heteroatoms. The van der Waals surface area contributed by atoms with Gasteiger partial charge >= 0.3 is 0 Å². The maximum Gasteiger partial charge on any atom is 0.252 e. The summed E-state index contributed by atoms with van der Waals surface area (Å²) in [4.78, 5) is 25.3. The van der Waals surface area contributed by atoms with Crippen molar-refractivity contribution < 1.29 is 9.32 Å². The van der Waals surface area contributed by atoms with Crippen LogP contribution in [0.1, 0.15) is 23.0 Å². The number of carbonyl (C=O) groups excluding carboxylic acids is 1. The van der Waals surface area contributed by atoms with Gasteiger partial charge in [-0.2, -0.15) is 0 Å². The Balaban J connectivity index is 0.00000300. The number of halogens is 1. The second kappa shape index (κ2) is 12.4. The van der Waals surface area contributed by atoms with Crippen LogP contribution in [0.2, 0.25) is 0 Å². The van der Waals surface area contributed by atoms with Crippen molar-refractivity contribution in [3.63, 3.8) is 0 Å². The van der Waals surface area contributed by atoms with Crippen molar-refractivity contribution in [2.24, 2.45) is 4.99 Å². The fraction of sp³-hybridized carbons (Fsp3) is 0.474. The highest BCUT2D eigenvalue weighted by molar-refractivity contribution is 14.0. The van der Waals surface area contributed by atoms with Gasteiger partial charge in [0, 0.05) is 64.3 Å². The zero-order chi connectivity index (χ0) is 19.6. The van der Waals surface area contributed by atoms with Crippen LogP contribution in [-0.4, -0.2) is 77.6 Å². The lowest BCUT2D eigenvalue weighted by Crippen LogP contribution is -2.52. The molecule has 0 radical (unpaired) electrons. The van der Waals surface area contributed by atoms with Crippen molar-refractivity contribution in [1.82, 2.24) is 30.6 Å². The molecule has 0 spiro atoms. The van der Waals surface area contributed by atoms with Crippen LogP contribution < -0.4 is 10.6 Å². The zero-order valence-electron chi connectivity index (χ0n) is 16.6. The summed E-state index contributed by atoms with van der Waals surface area (Å²) in [5.74, 6) is 0.758. The molecule has 2 aromatic heterocycles. The highest BCUT2D eigenvalue weighted by atomic mass is 127. The van der Waals surface area contributed by atoms with Gasteiger partial charge in [-0.15, -0.1) is 24.0 Å². The summed E-state index contributed by atoms with van der Waals surface area (Å²) < 4.78 is 4.90. The van der Waals surface area contributed by atoms with E-state index in [-0.39, 0.29) is 29.9 Å². The second-order valence-corrected chi connectivity index (χ2v) is 6.49. The average molecular weight is 513 g/mol. The highest BCUT2D eigenvalue weighted by Crippen LogP contribution is 2.07. The highest BCUT2D eigenvalue weighted by Gasteiger charge is 2.20. The lowest BCUT2D eigenvalue weighted by atomic mass is 10.3. The van der Waals surface area contributed by atoms with Crippen LogP contribution in [0, 0.1) is 0 Å². The van der Waals surface area contributed by atoms with E-state index in [1.54, 1.807) is 30.8 Å². The molecule has 2 aromatic rings. The van der Waals surface area contributed by atoms with Crippen LogP contribution in [0.3, 0.4) is 0 Å². The van der Waals surface area contributed by atoms with E-state index >= 15 is 0 Å². The third-order valence-corrected chi connectivity index (χ3v) is 4.47. The molecule has 1 aliphatic heterocycles. The molecule has 1 saturated heterocycles. The second-order valence-electron chi connectivity index (χ2n) is 6.49. The SMILES string of the molecule is CCNC(=NCCNC(=O)c1cccnc1)N1CCN(Cc2ccon2)CC1.I. The number of nitrogens with zero attached hydrogens (tertiary/aromatic N) is 5. The largest absolute Gasteiger partial charge is 0.364 e. The van der Waals surface area contributed by atoms with Gasteiger partial charge in [0.05, 0.1) is 17.8 Å². The molecule has 29 heavy (non-hydrogen) atoms. The maximum absolute atomic E-state index is 12.0. The summed E-state index contributed by atoms with van der Waals surface area (Å²) in [6, 6.07) is 5.39. The molecule has 0 aromatic carbocycles. The van der Waals surface area contributed by atoms with E-state index in [1.807, 2.05) is 6.07 Å². The average Bonchev–Trinajstić information content (AvgIpc) is 3.24. The van der Waals surface area contributed by atoms with Crippen molar-refractivity contribution >= 4 is 35.8 Å². The molecule has 1 amide bonds. The third-order valence-electron chi connectivity index (χ3n) is 4.47. The molecule has 0 atom stereocenters. The van der Waals surface area contributed by atoms with E-state index in [2.05, 4.69) is 42.5 Å². The molecule has 0 saturated carbocycles. The fourth-order valence-corrected chi connectivity index (χ4v) is 3.02. The molecular weight excluding hydrogens is 485 g/mol. The number of piperazine rings is 1. The van der Waals surface area contributed by atoms with Crippen LogP contribution in [-0.2, 0) is 6.54 Å². The Bertz CT molecular complexity index is 747. The van der Waals surface area contributed by atoms with Gasteiger partial charge in [0.15, 0.2) is 5.96 Å². The van der Waals surface area contributed by atoms with Gasteiger partial charge < -0.3 is 20.1 Å². The molecule has 3 rings (SSSR count). The Hall–Kier alpha value is -2.21. The Morgan fingerprint density at radius 2 is 2.07 bits per heavy atom. The standard InChI is InChI=1S/C19H27N7O2.HI/c1-2-21-19(23-8-7-22-18(27)16-4-3-6-20-14-16)26-11-9-25(10-12-26)15-17-5-13-28-24-17;/h3-6,13-14H,2,7-12,15H2,1H3,(H,21,23)(H,22,27);1H. The number of carbonyl (C=O) groups is 1. The number of hydrogen-bond donors (Lipinski definition) is 2. The van der Waals surface area contributed by atoms with Crippen molar-refractivity contribution in [2.75, 3.05) is 45.8 Å². The topological polar surface area (TPSA) is 98.9 Å². The van der Waals surface area contributed by atoms with Crippen molar-refractivity contribution in [1.29, 1.82) is 0 Å². The van der Waals surface area contributed by atoms with Crippen LogP contribution in [0.25, 0.3) is 0 Å². The van der Waals surface area contributed by atoms with E-state index in [4.69, 9.17) is 4.52 Å². The maximum atomic E-state index is 12.0. The van der Waals surface area contributed by atoms with E-state index < -0.39 is 0 Å². The van der Waals surface area contributed by atoms with Crippen LogP contribution in [0.5, 0.6) is 0 Å². The van der Waals surface area contributed by atoms with Gasteiger partial charge in [-0.1, -0.05) is 5.16 Å². The lowest BCUT2D eigenvalue weighted by molar-refractivity contribution is 0.0954. The van der Waals surface area contributed by atoms with E-state index in [0.717, 1.165) is 50.9 Å². The van der Waals surface area contributed by atoms with Gasteiger partial charge in [-0.25, -0.2) is 0 Å². The Kier molecular flexibility index (Phi) is 9.84. The predicted molar refractivity (Wildman–Crippen MR) is 121 cm³/mol. The summed E-state index contributed by atoms with van der Waals surface area (Å²) in [7, 11) is 0. The number of rotatable bonds is 7. The van der Waals surface area contributed by atoms with Gasteiger partial charge in [0.1, 0.15) is 6.26 Å².